The topological polar surface area (TPSA) is 57.8 Å². The zero-order valence-corrected chi connectivity index (χ0v) is 11.9. The van der Waals surface area contributed by atoms with Crippen LogP contribution in [0.25, 0.3) is 11.3 Å². The smallest absolute Gasteiger partial charge is 0.255 e. The number of hydrogen-bond acceptors (Lipinski definition) is 2. The normalized spacial score (nSPS) is 14.4. The lowest BCUT2D eigenvalue weighted by molar-refractivity contribution is 0.0952. The molecular formula is C14H14BrN3O. The Morgan fingerprint density at radius 3 is 3.05 bits per heavy atom. The number of amides is 1. The van der Waals surface area contributed by atoms with E-state index in [0.29, 0.717) is 11.5 Å². The first-order valence-electron chi connectivity index (χ1n) is 6.31. The van der Waals surface area contributed by atoms with Gasteiger partial charge in [0.15, 0.2) is 0 Å². The predicted molar refractivity (Wildman–Crippen MR) is 76.8 cm³/mol. The third-order valence-electron chi connectivity index (χ3n) is 3.25. The molecule has 1 saturated carbocycles. The Kier molecular flexibility index (Phi) is 3.38. The number of rotatable bonds is 4. The second-order valence-electron chi connectivity index (χ2n) is 4.82. The number of H-pyrrole nitrogens is 1. The number of hydrogen-bond donors (Lipinski definition) is 2. The highest BCUT2D eigenvalue weighted by Gasteiger charge is 2.23. The molecule has 2 aromatic rings. The van der Waals surface area contributed by atoms with Gasteiger partial charge in [-0.05, 0) is 30.9 Å². The second-order valence-corrected chi connectivity index (χ2v) is 5.74. The number of aromatic nitrogens is 2. The van der Waals surface area contributed by atoms with E-state index in [-0.39, 0.29) is 5.91 Å². The van der Waals surface area contributed by atoms with E-state index >= 15 is 0 Å². The van der Waals surface area contributed by atoms with Crippen molar-refractivity contribution in [2.45, 2.75) is 12.8 Å². The molecule has 0 radical (unpaired) electrons. The van der Waals surface area contributed by atoms with E-state index in [2.05, 4.69) is 31.4 Å². The van der Waals surface area contributed by atoms with Crippen LogP contribution in [0.15, 0.2) is 34.9 Å². The van der Waals surface area contributed by atoms with E-state index in [1.54, 1.807) is 6.20 Å². The van der Waals surface area contributed by atoms with Crippen molar-refractivity contribution in [3.8, 4) is 11.3 Å². The first-order valence-corrected chi connectivity index (χ1v) is 7.11. The molecule has 0 unspecified atom stereocenters. The molecule has 98 valence electrons. The molecule has 0 atom stereocenters. The van der Waals surface area contributed by atoms with Crippen LogP contribution in [0.2, 0.25) is 0 Å². The Labute approximate surface area is 119 Å². The summed E-state index contributed by atoms with van der Waals surface area (Å²) in [6.45, 7) is 0.766. The van der Waals surface area contributed by atoms with Crippen LogP contribution in [0.5, 0.6) is 0 Å². The van der Waals surface area contributed by atoms with Crippen LogP contribution < -0.4 is 5.32 Å². The van der Waals surface area contributed by atoms with E-state index in [4.69, 9.17) is 0 Å². The summed E-state index contributed by atoms with van der Waals surface area (Å²) < 4.78 is 0.976. The Hall–Kier alpha value is -1.62. The Balaban J connectivity index is 1.82. The van der Waals surface area contributed by atoms with Crippen molar-refractivity contribution in [2.75, 3.05) is 6.54 Å². The van der Waals surface area contributed by atoms with Gasteiger partial charge in [0.1, 0.15) is 0 Å². The summed E-state index contributed by atoms with van der Waals surface area (Å²) in [6.07, 6.45) is 4.03. The molecular weight excluding hydrogens is 306 g/mol. The standard InChI is InChI=1S/C14H14BrN3O/c15-11-3-1-2-10(6-11)13-12(8-17-18-13)14(19)16-7-9-4-5-9/h1-3,6,8-9H,4-5,7H2,(H,16,19)(H,17,18). The molecule has 4 nitrogen and oxygen atoms in total. The summed E-state index contributed by atoms with van der Waals surface area (Å²) in [6, 6.07) is 7.81. The molecule has 19 heavy (non-hydrogen) atoms. The van der Waals surface area contributed by atoms with E-state index in [1.807, 2.05) is 24.3 Å². The molecule has 1 aromatic carbocycles. The molecule has 0 aliphatic heterocycles. The highest BCUT2D eigenvalue weighted by Crippen LogP contribution is 2.28. The molecule has 1 heterocycles. The number of carbonyl (C=O) groups is 1. The number of halogens is 1. The van der Waals surface area contributed by atoms with Crippen molar-refractivity contribution in [2.24, 2.45) is 5.92 Å². The zero-order valence-electron chi connectivity index (χ0n) is 10.3. The molecule has 0 bridgehead atoms. The fourth-order valence-corrected chi connectivity index (χ4v) is 2.38. The quantitative estimate of drug-likeness (QED) is 0.910. The Bertz CT molecular complexity index is 604. The monoisotopic (exact) mass is 319 g/mol. The lowest BCUT2D eigenvalue weighted by atomic mass is 10.1. The summed E-state index contributed by atoms with van der Waals surface area (Å²) in [5, 5.41) is 9.85. The van der Waals surface area contributed by atoms with Crippen molar-refractivity contribution in [3.63, 3.8) is 0 Å². The molecule has 1 fully saturated rings. The van der Waals surface area contributed by atoms with Gasteiger partial charge in [-0.15, -0.1) is 0 Å². The molecule has 1 aliphatic carbocycles. The van der Waals surface area contributed by atoms with Crippen LogP contribution in [0.1, 0.15) is 23.2 Å². The summed E-state index contributed by atoms with van der Waals surface area (Å²) >= 11 is 3.43. The van der Waals surface area contributed by atoms with Crippen LogP contribution in [0, 0.1) is 5.92 Å². The molecule has 1 aliphatic rings. The van der Waals surface area contributed by atoms with Crippen molar-refractivity contribution in [1.29, 1.82) is 0 Å². The molecule has 1 aromatic heterocycles. The summed E-state index contributed by atoms with van der Waals surface area (Å²) in [5.41, 5.74) is 2.30. The molecule has 3 rings (SSSR count). The summed E-state index contributed by atoms with van der Waals surface area (Å²) in [5.74, 6) is 0.612. The Morgan fingerprint density at radius 1 is 1.47 bits per heavy atom. The van der Waals surface area contributed by atoms with E-state index < -0.39 is 0 Å². The average molecular weight is 320 g/mol. The van der Waals surface area contributed by atoms with Crippen LogP contribution >= 0.6 is 15.9 Å². The maximum atomic E-state index is 12.1. The average Bonchev–Trinajstić information content (AvgIpc) is 3.10. The van der Waals surface area contributed by atoms with Crippen molar-refractivity contribution in [1.82, 2.24) is 15.5 Å². The highest BCUT2D eigenvalue weighted by molar-refractivity contribution is 9.10. The van der Waals surface area contributed by atoms with Gasteiger partial charge in [-0.2, -0.15) is 5.10 Å². The van der Waals surface area contributed by atoms with Gasteiger partial charge >= 0.3 is 0 Å². The minimum atomic E-state index is -0.0596. The third-order valence-corrected chi connectivity index (χ3v) is 3.74. The van der Waals surface area contributed by atoms with Crippen LogP contribution in [-0.4, -0.2) is 22.6 Å². The number of carbonyl (C=O) groups excluding carboxylic acids is 1. The largest absolute Gasteiger partial charge is 0.352 e. The van der Waals surface area contributed by atoms with Crippen LogP contribution in [0.4, 0.5) is 0 Å². The number of nitrogens with one attached hydrogen (secondary N) is 2. The number of nitrogens with zero attached hydrogens (tertiary/aromatic N) is 1. The number of benzene rings is 1. The minimum Gasteiger partial charge on any atom is -0.352 e. The number of aromatic amines is 1. The van der Waals surface area contributed by atoms with E-state index in [0.717, 1.165) is 22.3 Å². The van der Waals surface area contributed by atoms with Crippen molar-refractivity contribution in [3.05, 3.63) is 40.5 Å². The summed E-state index contributed by atoms with van der Waals surface area (Å²) in [7, 11) is 0. The lowest BCUT2D eigenvalue weighted by Crippen LogP contribution is -2.25. The zero-order chi connectivity index (χ0) is 13.2. The highest BCUT2D eigenvalue weighted by atomic mass is 79.9. The van der Waals surface area contributed by atoms with Crippen molar-refractivity contribution < 1.29 is 4.79 Å². The fourth-order valence-electron chi connectivity index (χ4n) is 1.98. The second kappa shape index (κ2) is 5.17. The first-order chi connectivity index (χ1) is 9.24. The molecule has 5 heteroatoms. The van der Waals surface area contributed by atoms with Crippen LogP contribution in [-0.2, 0) is 0 Å². The maximum Gasteiger partial charge on any atom is 0.255 e. The third kappa shape index (κ3) is 2.87. The van der Waals surface area contributed by atoms with Crippen molar-refractivity contribution >= 4 is 21.8 Å². The Morgan fingerprint density at radius 2 is 2.32 bits per heavy atom. The van der Waals surface area contributed by atoms with Gasteiger partial charge in [0.05, 0.1) is 17.5 Å². The van der Waals surface area contributed by atoms with Gasteiger partial charge in [-0.25, -0.2) is 0 Å². The van der Waals surface area contributed by atoms with Gasteiger partial charge in [-0.3, -0.25) is 9.89 Å². The van der Waals surface area contributed by atoms with Gasteiger partial charge in [0.25, 0.3) is 5.91 Å². The van der Waals surface area contributed by atoms with Gasteiger partial charge in [0.2, 0.25) is 0 Å². The van der Waals surface area contributed by atoms with E-state index in [9.17, 15) is 4.79 Å². The van der Waals surface area contributed by atoms with Gasteiger partial charge in [-0.1, -0.05) is 28.1 Å². The maximum absolute atomic E-state index is 12.1. The van der Waals surface area contributed by atoms with Crippen LogP contribution in [0.3, 0.4) is 0 Å². The van der Waals surface area contributed by atoms with Gasteiger partial charge in [0, 0.05) is 16.6 Å². The van der Waals surface area contributed by atoms with E-state index in [1.165, 1.54) is 12.8 Å². The predicted octanol–water partition coefficient (Wildman–Crippen LogP) is 2.98. The fraction of sp³-hybridized carbons (Fsp3) is 0.286. The lowest BCUT2D eigenvalue weighted by Gasteiger charge is -2.05. The molecule has 0 spiro atoms. The molecule has 1 amide bonds. The minimum absolute atomic E-state index is 0.0596. The summed E-state index contributed by atoms with van der Waals surface area (Å²) in [4.78, 5) is 12.1. The SMILES string of the molecule is O=C(NCC1CC1)c1cn[nH]c1-c1cccc(Br)c1. The molecule has 2 N–H and O–H groups in total. The van der Waals surface area contributed by atoms with Gasteiger partial charge < -0.3 is 5.32 Å². The first kappa shape index (κ1) is 12.4. The molecule has 0 saturated heterocycles.